The van der Waals surface area contributed by atoms with Gasteiger partial charge < -0.3 is 0 Å². The van der Waals surface area contributed by atoms with E-state index in [1.807, 2.05) is 6.07 Å². The average Bonchev–Trinajstić information content (AvgIpc) is 3.13. The molecule has 1 atom stereocenters. The number of alkyl halides is 1. The number of aldehydes is 1. The van der Waals surface area contributed by atoms with E-state index in [0.29, 0.717) is 12.3 Å². The van der Waals surface area contributed by atoms with E-state index in [1.165, 1.54) is 39.0 Å². The Bertz CT molecular complexity index is 1290. The van der Waals surface area contributed by atoms with Crippen molar-refractivity contribution in [1.82, 2.24) is 0 Å². The Balaban J connectivity index is 1.75. The van der Waals surface area contributed by atoms with Gasteiger partial charge in [-0.3, -0.25) is 9.18 Å². The first-order valence-electron chi connectivity index (χ1n) is 14.2. The molecule has 3 aromatic carbocycles. The Kier molecular flexibility index (Phi) is 9.97. The monoisotopic (exact) mass is 530 g/mol. The molecule has 0 aliphatic heterocycles. The van der Waals surface area contributed by atoms with Crippen LogP contribution in [0.25, 0.3) is 11.1 Å². The standard InChI is InChI=1S/C35H40ClFO/c1-4-26(9-6-5-7-20-37)21-27-13-16-29(17-14-27)34-32-19-15-28(23-38)22-30(32)10-8-11-33(34)31-18-12-24(2)35(36)25(31)3/h12-19,22-23,26H,4-11,20-21H2,1-3H3. The molecule has 38 heavy (non-hydrogen) atoms. The lowest BCUT2D eigenvalue weighted by molar-refractivity contribution is 0.112. The minimum atomic E-state index is -0.204. The summed E-state index contributed by atoms with van der Waals surface area (Å²) in [5.41, 5.74) is 11.8. The molecule has 0 spiro atoms. The Hall–Kier alpha value is -2.71. The normalized spacial score (nSPS) is 14.2. The van der Waals surface area contributed by atoms with Gasteiger partial charge in [0.25, 0.3) is 0 Å². The van der Waals surface area contributed by atoms with E-state index in [2.05, 4.69) is 69.3 Å². The van der Waals surface area contributed by atoms with Crippen molar-refractivity contribution in [2.24, 2.45) is 5.92 Å². The van der Waals surface area contributed by atoms with Crippen LogP contribution in [0.5, 0.6) is 0 Å². The smallest absolute Gasteiger partial charge is 0.150 e. The van der Waals surface area contributed by atoms with Crippen molar-refractivity contribution >= 4 is 29.0 Å². The predicted octanol–water partition coefficient (Wildman–Crippen LogP) is 10.2. The molecule has 0 aromatic heterocycles. The molecule has 1 nitrogen and oxygen atoms in total. The first-order valence-corrected chi connectivity index (χ1v) is 14.6. The van der Waals surface area contributed by atoms with E-state index in [1.54, 1.807) is 0 Å². The third kappa shape index (κ3) is 6.46. The topological polar surface area (TPSA) is 17.1 Å². The predicted molar refractivity (Wildman–Crippen MR) is 160 cm³/mol. The molecule has 0 heterocycles. The van der Waals surface area contributed by atoms with Crippen LogP contribution in [0.4, 0.5) is 4.39 Å². The van der Waals surface area contributed by atoms with Crippen molar-refractivity contribution in [1.29, 1.82) is 0 Å². The molecule has 4 rings (SSSR count). The van der Waals surface area contributed by atoms with E-state index in [-0.39, 0.29) is 6.67 Å². The van der Waals surface area contributed by atoms with Gasteiger partial charge in [-0.25, -0.2) is 0 Å². The Morgan fingerprint density at radius 3 is 2.42 bits per heavy atom. The first kappa shape index (κ1) is 28.3. The molecule has 1 aliphatic rings. The van der Waals surface area contributed by atoms with Crippen molar-refractivity contribution < 1.29 is 9.18 Å². The fourth-order valence-corrected chi connectivity index (χ4v) is 6.09. The molecule has 0 radical (unpaired) electrons. The summed E-state index contributed by atoms with van der Waals surface area (Å²) < 4.78 is 12.5. The number of fused-ring (bicyclic) bond motifs is 1. The van der Waals surface area contributed by atoms with Gasteiger partial charge in [0, 0.05) is 10.6 Å². The van der Waals surface area contributed by atoms with Gasteiger partial charge in [-0.1, -0.05) is 92.7 Å². The van der Waals surface area contributed by atoms with E-state index in [0.717, 1.165) is 79.4 Å². The van der Waals surface area contributed by atoms with Gasteiger partial charge in [-0.15, -0.1) is 0 Å². The quantitative estimate of drug-likeness (QED) is 0.178. The van der Waals surface area contributed by atoms with Gasteiger partial charge in [0.2, 0.25) is 0 Å². The summed E-state index contributed by atoms with van der Waals surface area (Å²) in [6, 6.07) is 19.6. The third-order valence-corrected chi connectivity index (χ3v) is 8.79. The maximum atomic E-state index is 12.5. The van der Waals surface area contributed by atoms with Gasteiger partial charge in [0.1, 0.15) is 6.29 Å². The lowest BCUT2D eigenvalue weighted by Gasteiger charge is -2.20. The molecule has 0 bridgehead atoms. The number of hydrogen-bond donors (Lipinski definition) is 0. The zero-order chi connectivity index (χ0) is 27.1. The minimum Gasteiger partial charge on any atom is -0.298 e. The molecule has 0 saturated heterocycles. The zero-order valence-electron chi connectivity index (χ0n) is 23.1. The summed E-state index contributed by atoms with van der Waals surface area (Å²) in [6.45, 7) is 6.24. The number of halogens is 2. The van der Waals surface area contributed by atoms with Crippen molar-refractivity contribution in [3.05, 3.63) is 104 Å². The van der Waals surface area contributed by atoms with Gasteiger partial charge in [-0.05, 0) is 108 Å². The Morgan fingerprint density at radius 2 is 1.71 bits per heavy atom. The lowest BCUT2D eigenvalue weighted by atomic mass is 9.85. The average molecular weight is 531 g/mol. The summed E-state index contributed by atoms with van der Waals surface area (Å²) in [6.07, 6.45) is 10.0. The minimum absolute atomic E-state index is 0.204. The number of carbonyl (C=O) groups excluding carboxylic acids is 1. The molecule has 0 fully saturated rings. The van der Waals surface area contributed by atoms with Gasteiger partial charge in [0.05, 0.1) is 6.67 Å². The molecule has 3 heteroatoms. The van der Waals surface area contributed by atoms with Crippen LogP contribution in [0.1, 0.15) is 101 Å². The highest BCUT2D eigenvalue weighted by molar-refractivity contribution is 6.32. The highest BCUT2D eigenvalue weighted by Gasteiger charge is 2.22. The number of carbonyl (C=O) groups is 1. The van der Waals surface area contributed by atoms with Crippen LogP contribution in [-0.2, 0) is 12.8 Å². The number of unbranched alkanes of at least 4 members (excludes halogenated alkanes) is 2. The molecule has 0 amide bonds. The molecule has 0 N–H and O–H groups in total. The van der Waals surface area contributed by atoms with Crippen LogP contribution in [0.2, 0.25) is 5.02 Å². The highest BCUT2D eigenvalue weighted by atomic mass is 35.5. The van der Waals surface area contributed by atoms with Crippen LogP contribution in [0, 0.1) is 19.8 Å². The van der Waals surface area contributed by atoms with Crippen LogP contribution in [-0.4, -0.2) is 13.0 Å². The van der Waals surface area contributed by atoms with Crippen molar-refractivity contribution in [2.75, 3.05) is 6.67 Å². The fraction of sp³-hybridized carbons (Fsp3) is 0.400. The second-order valence-electron chi connectivity index (χ2n) is 10.8. The summed E-state index contributed by atoms with van der Waals surface area (Å²) in [4.78, 5) is 11.5. The Labute approximate surface area is 233 Å². The van der Waals surface area contributed by atoms with Crippen molar-refractivity contribution in [3.63, 3.8) is 0 Å². The number of aryl methyl sites for hydroxylation is 2. The molecule has 0 saturated carbocycles. The van der Waals surface area contributed by atoms with Crippen LogP contribution in [0.15, 0.2) is 54.6 Å². The first-order chi connectivity index (χ1) is 18.5. The van der Waals surface area contributed by atoms with Crippen LogP contribution in [0.3, 0.4) is 0 Å². The number of allylic oxidation sites excluding steroid dienone is 1. The SMILES string of the molecule is CCC(CCCCCF)Cc1ccc(C2=C(c3ccc(C)c(Cl)c3C)CCCc3cc(C=O)ccc32)cc1. The van der Waals surface area contributed by atoms with Crippen molar-refractivity contribution in [2.45, 2.75) is 78.6 Å². The molecular weight excluding hydrogens is 491 g/mol. The van der Waals surface area contributed by atoms with E-state index in [4.69, 9.17) is 11.6 Å². The van der Waals surface area contributed by atoms with Gasteiger partial charge in [0.15, 0.2) is 0 Å². The number of benzene rings is 3. The largest absolute Gasteiger partial charge is 0.298 e. The summed E-state index contributed by atoms with van der Waals surface area (Å²) in [5.74, 6) is 0.632. The molecule has 3 aromatic rings. The maximum Gasteiger partial charge on any atom is 0.150 e. The Morgan fingerprint density at radius 1 is 0.947 bits per heavy atom. The van der Waals surface area contributed by atoms with Crippen LogP contribution < -0.4 is 0 Å². The van der Waals surface area contributed by atoms with E-state index in [9.17, 15) is 9.18 Å². The number of hydrogen-bond acceptors (Lipinski definition) is 1. The van der Waals surface area contributed by atoms with E-state index < -0.39 is 0 Å². The maximum absolute atomic E-state index is 12.5. The van der Waals surface area contributed by atoms with Gasteiger partial charge >= 0.3 is 0 Å². The van der Waals surface area contributed by atoms with Crippen LogP contribution >= 0.6 is 11.6 Å². The molecule has 1 unspecified atom stereocenters. The third-order valence-electron chi connectivity index (χ3n) is 8.20. The highest BCUT2D eigenvalue weighted by Crippen LogP contribution is 2.42. The second-order valence-corrected chi connectivity index (χ2v) is 11.2. The van der Waals surface area contributed by atoms with Gasteiger partial charge in [-0.2, -0.15) is 0 Å². The van der Waals surface area contributed by atoms with Crippen molar-refractivity contribution in [3.8, 4) is 0 Å². The fourth-order valence-electron chi connectivity index (χ4n) is 5.92. The number of rotatable bonds is 11. The summed E-state index contributed by atoms with van der Waals surface area (Å²) in [5, 5.41) is 0.836. The molecule has 200 valence electrons. The molecule has 1 aliphatic carbocycles. The summed E-state index contributed by atoms with van der Waals surface area (Å²) >= 11 is 6.73. The lowest BCUT2D eigenvalue weighted by Crippen LogP contribution is -2.04. The molecular formula is C35H40ClFO. The van der Waals surface area contributed by atoms with E-state index >= 15 is 0 Å². The second kappa shape index (κ2) is 13.4. The summed E-state index contributed by atoms with van der Waals surface area (Å²) in [7, 11) is 0. The zero-order valence-corrected chi connectivity index (χ0v) is 23.8.